The van der Waals surface area contributed by atoms with Gasteiger partial charge in [-0.1, -0.05) is 18.6 Å². The van der Waals surface area contributed by atoms with Gasteiger partial charge in [0.1, 0.15) is 0 Å². The van der Waals surface area contributed by atoms with Gasteiger partial charge < -0.3 is 10.1 Å². The summed E-state index contributed by atoms with van der Waals surface area (Å²) >= 11 is 0. The SMILES string of the molecule is COCCN1C(=O)N=C2C=C(C(=O)NCCN3C(C)CCCC3C)C=CC2C1=O. The third kappa shape index (κ3) is 4.82. The van der Waals surface area contributed by atoms with Gasteiger partial charge in [0, 0.05) is 37.9 Å². The fourth-order valence-corrected chi connectivity index (χ4v) is 4.19. The Labute approximate surface area is 171 Å². The van der Waals surface area contributed by atoms with Crippen molar-refractivity contribution in [1.82, 2.24) is 15.1 Å². The van der Waals surface area contributed by atoms with E-state index in [4.69, 9.17) is 4.74 Å². The van der Waals surface area contributed by atoms with Crippen molar-refractivity contribution >= 4 is 23.6 Å². The van der Waals surface area contributed by atoms with E-state index in [0.717, 1.165) is 11.4 Å². The summed E-state index contributed by atoms with van der Waals surface area (Å²) in [5, 5.41) is 2.94. The molecule has 0 bridgehead atoms. The van der Waals surface area contributed by atoms with Gasteiger partial charge in [0.25, 0.3) is 5.91 Å². The van der Waals surface area contributed by atoms with Crippen LogP contribution >= 0.6 is 0 Å². The minimum absolute atomic E-state index is 0.166. The summed E-state index contributed by atoms with van der Waals surface area (Å²) in [5.41, 5.74) is 0.727. The Morgan fingerprint density at radius 1 is 1.24 bits per heavy atom. The first-order valence-electron chi connectivity index (χ1n) is 10.3. The van der Waals surface area contributed by atoms with E-state index in [1.165, 1.54) is 32.4 Å². The summed E-state index contributed by atoms with van der Waals surface area (Å²) in [4.78, 5) is 44.8. The Kier molecular flexibility index (Phi) is 6.97. The maximum atomic E-state index is 12.5. The van der Waals surface area contributed by atoms with Gasteiger partial charge in [-0.25, -0.2) is 4.79 Å². The van der Waals surface area contributed by atoms with Gasteiger partial charge in [0.2, 0.25) is 5.91 Å². The Hall–Kier alpha value is -2.32. The average molecular weight is 402 g/mol. The first-order valence-corrected chi connectivity index (χ1v) is 10.3. The zero-order chi connectivity index (χ0) is 21.0. The van der Waals surface area contributed by atoms with Crippen molar-refractivity contribution in [3.8, 4) is 0 Å². The number of hydrogen-bond donors (Lipinski definition) is 1. The third-order valence-corrected chi connectivity index (χ3v) is 5.89. The number of likely N-dealkylation sites (tertiary alicyclic amines) is 1. The molecule has 29 heavy (non-hydrogen) atoms. The molecule has 3 aliphatic rings. The van der Waals surface area contributed by atoms with E-state index in [1.54, 1.807) is 12.2 Å². The lowest BCUT2D eigenvalue weighted by atomic mass is 9.91. The van der Waals surface area contributed by atoms with E-state index in [2.05, 4.69) is 29.1 Å². The maximum Gasteiger partial charge on any atom is 0.350 e. The number of allylic oxidation sites excluding steroid dienone is 1. The van der Waals surface area contributed by atoms with Gasteiger partial charge in [-0.2, -0.15) is 4.99 Å². The van der Waals surface area contributed by atoms with Crippen LogP contribution in [0.5, 0.6) is 0 Å². The van der Waals surface area contributed by atoms with Gasteiger partial charge in [0.05, 0.1) is 24.8 Å². The van der Waals surface area contributed by atoms with Crippen LogP contribution in [0.3, 0.4) is 0 Å². The number of fused-ring (bicyclic) bond motifs is 1. The Morgan fingerprint density at radius 2 is 1.97 bits per heavy atom. The molecule has 0 aromatic carbocycles. The molecular formula is C21H30N4O4. The zero-order valence-corrected chi connectivity index (χ0v) is 17.4. The van der Waals surface area contributed by atoms with Crippen molar-refractivity contribution in [3.05, 3.63) is 23.8 Å². The number of nitrogens with zero attached hydrogens (tertiary/aromatic N) is 3. The van der Waals surface area contributed by atoms with E-state index in [9.17, 15) is 14.4 Å². The number of urea groups is 1. The van der Waals surface area contributed by atoms with Crippen LogP contribution in [0.15, 0.2) is 28.8 Å². The molecule has 158 valence electrons. The van der Waals surface area contributed by atoms with Crippen molar-refractivity contribution in [2.45, 2.75) is 45.2 Å². The number of rotatable bonds is 7. The van der Waals surface area contributed by atoms with Crippen molar-refractivity contribution < 1.29 is 19.1 Å². The lowest BCUT2D eigenvalue weighted by molar-refractivity contribution is -0.130. The molecule has 0 radical (unpaired) electrons. The Bertz CT molecular complexity index is 748. The number of aliphatic imine (C=N–C) groups is 1. The quantitative estimate of drug-likeness (QED) is 0.697. The fourth-order valence-electron chi connectivity index (χ4n) is 4.19. The third-order valence-electron chi connectivity index (χ3n) is 5.89. The number of imide groups is 1. The molecule has 8 nitrogen and oxygen atoms in total. The van der Waals surface area contributed by atoms with E-state index >= 15 is 0 Å². The molecule has 2 heterocycles. The van der Waals surface area contributed by atoms with Crippen LogP contribution in [0.4, 0.5) is 4.79 Å². The summed E-state index contributed by atoms with van der Waals surface area (Å²) in [6.07, 6.45) is 8.44. The minimum atomic E-state index is -0.629. The van der Waals surface area contributed by atoms with Crippen molar-refractivity contribution in [2.75, 3.05) is 33.4 Å². The van der Waals surface area contributed by atoms with Gasteiger partial charge in [-0.05, 0) is 32.8 Å². The normalized spacial score (nSPS) is 27.4. The van der Waals surface area contributed by atoms with Crippen LogP contribution in [0.25, 0.3) is 0 Å². The highest BCUT2D eigenvalue weighted by Gasteiger charge is 2.36. The number of carbonyl (C=O) groups is 3. The summed E-state index contributed by atoms with van der Waals surface area (Å²) in [6, 6.07) is 0.442. The van der Waals surface area contributed by atoms with E-state index < -0.39 is 11.9 Å². The number of nitrogens with one attached hydrogen (secondary N) is 1. The molecule has 1 fully saturated rings. The monoisotopic (exact) mass is 402 g/mol. The predicted molar refractivity (Wildman–Crippen MR) is 110 cm³/mol. The van der Waals surface area contributed by atoms with Crippen molar-refractivity contribution in [2.24, 2.45) is 10.9 Å². The van der Waals surface area contributed by atoms with E-state index in [1.807, 2.05) is 0 Å². The first kappa shape index (κ1) is 21.4. The molecule has 1 aliphatic carbocycles. The molecule has 0 aromatic heterocycles. The lowest BCUT2D eigenvalue weighted by Crippen LogP contribution is -2.48. The molecule has 3 rings (SSSR count). The summed E-state index contributed by atoms with van der Waals surface area (Å²) in [7, 11) is 1.51. The van der Waals surface area contributed by atoms with Gasteiger partial charge >= 0.3 is 6.03 Å². The molecule has 0 spiro atoms. The van der Waals surface area contributed by atoms with E-state index in [-0.39, 0.29) is 25.0 Å². The highest BCUT2D eigenvalue weighted by atomic mass is 16.5. The van der Waals surface area contributed by atoms with Crippen LogP contribution in [0.2, 0.25) is 0 Å². The smallest absolute Gasteiger partial charge is 0.350 e. The molecule has 3 unspecified atom stereocenters. The number of methoxy groups -OCH3 is 1. The standard InChI is InChI=1S/C21H30N4O4/c1-14-5-4-6-15(2)24(14)10-9-22-19(26)16-7-8-17-18(13-16)23-21(28)25(20(17)27)11-12-29-3/h7-8,13-15,17H,4-6,9-12H2,1-3H3,(H,22,26). The second-order valence-electron chi connectivity index (χ2n) is 7.86. The van der Waals surface area contributed by atoms with Gasteiger partial charge in [0.15, 0.2) is 0 Å². The summed E-state index contributed by atoms with van der Waals surface area (Å²) < 4.78 is 4.94. The second kappa shape index (κ2) is 9.45. The molecule has 8 heteroatoms. The highest BCUT2D eigenvalue weighted by molar-refractivity contribution is 6.23. The van der Waals surface area contributed by atoms with Crippen molar-refractivity contribution in [3.63, 3.8) is 0 Å². The lowest BCUT2D eigenvalue weighted by Gasteiger charge is -2.39. The Morgan fingerprint density at radius 3 is 2.66 bits per heavy atom. The average Bonchev–Trinajstić information content (AvgIpc) is 2.69. The molecule has 2 aliphatic heterocycles. The second-order valence-corrected chi connectivity index (χ2v) is 7.86. The minimum Gasteiger partial charge on any atom is -0.383 e. The van der Waals surface area contributed by atoms with Crippen LogP contribution in [0.1, 0.15) is 33.1 Å². The van der Waals surface area contributed by atoms with Gasteiger partial charge in [-0.3, -0.25) is 19.4 Å². The largest absolute Gasteiger partial charge is 0.383 e. The van der Waals surface area contributed by atoms with Crippen LogP contribution in [-0.2, 0) is 14.3 Å². The topological polar surface area (TPSA) is 91.3 Å². The van der Waals surface area contributed by atoms with E-state index in [0.29, 0.717) is 29.9 Å². The summed E-state index contributed by atoms with van der Waals surface area (Å²) in [5.74, 6) is -1.19. The predicted octanol–water partition coefficient (Wildman–Crippen LogP) is 1.53. The molecular weight excluding hydrogens is 372 g/mol. The number of carbonyl (C=O) groups excluding carboxylic acids is 3. The molecule has 1 saturated heterocycles. The molecule has 0 aromatic rings. The maximum absolute atomic E-state index is 12.5. The van der Waals surface area contributed by atoms with Crippen LogP contribution in [-0.4, -0.2) is 78.8 Å². The van der Waals surface area contributed by atoms with Gasteiger partial charge in [-0.15, -0.1) is 0 Å². The number of hydrogen-bond acceptors (Lipinski definition) is 5. The summed E-state index contributed by atoms with van der Waals surface area (Å²) in [6.45, 7) is 6.25. The number of ether oxygens (including phenoxy) is 1. The number of amides is 4. The fraction of sp³-hybridized carbons (Fsp3) is 0.619. The van der Waals surface area contributed by atoms with Crippen LogP contribution in [0, 0.1) is 5.92 Å². The zero-order valence-electron chi connectivity index (χ0n) is 17.4. The number of piperidine rings is 1. The molecule has 1 N–H and O–H groups in total. The molecule has 3 atom stereocenters. The Balaban J connectivity index is 1.59. The molecule has 4 amide bonds. The van der Waals surface area contributed by atoms with Crippen molar-refractivity contribution in [1.29, 1.82) is 0 Å². The molecule has 0 saturated carbocycles. The first-order chi connectivity index (χ1) is 13.9. The highest BCUT2D eigenvalue weighted by Crippen LogP contribution is 2.23. The van der Waals surface area contributed by atoms with Crippen LogP contribution < -0.4 is 5.32 Å².